The van der Waals surface area contributed by atoms with Gasteiger partial charge in [0.25, 0.3) is 0 Å². The fourth-order valence-corrected chi connectivity index (χ4v) is 3.28. The van der Waals surface area contributed by atoms with E-state index in [1.54, 1.807) is 6.07 Å². The third kappa shape index (κ3) is 1.97. The molecule has 0 amide bonds. The lowest BCUT2D eigenvalue weighted by molar-refractivity contribution is 0.590. The zero-order valence-electron chi connectivity index (χ0n) is 8.91. The lowest BCUT2D eigenvalue weighted by atomic mass is 10.2. The van der Waals surface area contributed by atoms with Gasteiger partial charge < -0.3 is 10.2 Å². The third-order valence-corrected chi connectivity index (χ3v) is 3.96. The van der Waals surface area contributed by atoms with Gasteiger partial charge in [-0.2, -0.15) is 8.75 Å². The van der Waals surface area contributed by atoms with Crippen LogP contribution in [0.3, 0.4) is 0 Å². The molecule has 0 unspecified atom stereocenters. The van der Waals surface area contributed by atoms with E-state index in [1.807, 2.05) is 0 Å². The minimum absolute atomic E-state index is 0.567. The Morgan fingerprint density at radius 2 is 1.82 bits per heavy atom. The van der Waals surface area contributed by atoms with E-state index in [9.17, 15) is 0 Å². The van der Waals surface area contributed by atoms with E-state index in [2.05, 4.69) is 19.0 Å². The normalized spacial score (nSPS) is 16.7. The molecular weight excluding hydrogens is 279 g/mol. The van der Waals surface area contributed by atoms with Crippen LogP contribution in [0, 0.1) is 0 Å². The van der Waals surface area contributed by atoms with Crippen molar-refractivity contribution >= 4 is 51.7 Å². The van der Waals surface area contributed by atoms with Crippen molar-refractivity contribution in [3.63, 3.8) is 0 Å². The van der Waals surface area contributed by atoms with Gasteiger partial charge in [0.05, 0.1) is 27.5 Å². The number of hydrogen-bond acceptors (Lipinski definition) is 5. The number of anilines is 1. The summed E-state index contributed by atoms with van der Waals surface area (Å²) in [4.78, 5) is 2.24. The van der Waals surface area contributed by atoms with Gasteiger partial charge >= 0.3 is 0 Å². The van der Waals surface area contributed by atoms with Crippen LogP contribution >= 0.6 is 34.9 Å². The first-order chi connectivity index (χ1) is 8.27. The summed E-state index contributed by atoms with van der Waals surface area (Å²) in [6.45, 7) is 3.76. The van der Waals surface area contributed by atoms with Crippen LogP contribution in [-0.4, -0.2) is 34.9 Å². The van der Waals surface area contributed by atoms with E-state index >= 15 is 0 Å². The van der Waals surface area contributed by atoms with Gasteiger partial charge in [-0.15, -0.1) is 0 Å². The van der Waals surface area contributed by atoms with E-state index in [0.717, 1.165) is 42.9 Å². The van der Waals surface area contributed by atoms with E-state index < -0.39 is 0 Å². The van der Waals surface area contributed by atoms with Crippen molar-refractivity contribution in [3.05, 3.63) is 16.1 Å². The van der Waals surface area contributed by atoms with Crippen LogP contribution in [-0.2, 0) is 0 Å². The highest BCUT2D eigenvalue weighted by molar-refractivity contribution is 7.00. The molecule has 17 heavy (non-hydrogen) atoms. The van der Waals surface area contributed by atoms with Crippen LogP contribution in [0.2, 0.25) is 10.0 Å². The molecule has 90 valence electrons. The highest BCUT2D eigenvalue weighted by atomic mass is 35.5. The summed E-state index contributed by atoms with van der Waals surface area (Å²) in [6.07, 6.45) is 0. The van der Waals surface area contributed by atoms with Gasteiger partial charge in [-0.25, -0.2) is 0 Å². The topological polar surface area (TPSA) is 41.1 Å². The summed E-state index contributed by atoms with van der Waals surface area (Å²) in [7, 11) is 0. The van der Waals surface area contributed by atoms with E-state index in [-0.39, 0.29) is 0 Å². The molecule has 0 radical (unpaired) electrons. The minimum Gasteiger partial charge on any atom is -0.366 e. The van der Waals surface area contributed by atoms with Crippen molar-refractivity contribution in [1.82, 2.24) is 14.1 Å². The van der Waals surface area contributed by atoms with Crippen LogP contribution in [0.5, 0.6) is 0 Å². The monoisotopic (exact) mass is 288 g/mol. The Kier molecular flexibility index (Phi) is 3.08. The number of halogens is 2. The lowest BCUT2D eigenvalue weighted by Crippen LogP contribution is -2.43. The summed E-state index contributed by atoms with van der Waals surface area (Å²) in [5, 5.41) is 4.53. The van der Waals surface area contributed by atoms with E-state index in [1.165, 1.54) is 11.7 Å². The fraction of sp³-hybridized carbons (Fsp3) is 0.400. The smallest absolute Gasteiger partial charge is 0.131 e. The van der Waals surface area contributed by atoms with E-state index in [4.69, 9.17) is 23.2 Å². The molecule has 1 aliphatic rings. The minimum atomic E-state index is 0.567. The van der Waals surface area contributed by atoms with Gasteiger partial charge in [0.1, 0.15) is 11.0 Å². The maximum absolute atomic E-state index is 6.29. The van der Waals surface area contributed by atoms with Gasteiger partial charge in [0, 0.05) is 26.2 Å². The molecule has 2 aromatic rings. The number of hydrogen-bond donors (Lipinski definition) is 1. The van der Waals surface area contributed by atoms with Gasteiger partial charge in [0.2, 0.25) is 0 Å². The Morgan fingerprint density at radius 3 is 2.59 bits per heavy atom. The number of aromatic nitrogens is 2. The van der Waals surface area contributed by atoms with Crippen molar-refractivity contribution in [2.24, 2.45) is 0 Å². The lowest BCUT2D eigenvalue weighted by Gasteiger charge is -2.30. The molecule has 2 heterocycles. The molecule has 0 bridgehead atoms. The molecule has 7 heteroatoms. The molecule has 1 N–H and O–H groups in total. The van der Waals surface area contributed by atoms with Crippen LogP contribution in [0.15, 0.2) is 6.07 Å². The maximum Gasteiger partial charge on any atom is 0.131 e. The number of nitrogens with one attached hydrogen (secondary N) is 1. The van der Waals surface area contributed by atoms with Crippen molar-refractivity contribution in [3.8, 4) is 0 Å². The molecule has 1 aromatic heterocycles. The van der Waals surface area contributed by atoms with Gasteiger partial charge in [0.15, 0.2) is 0 Å². The first-order valence-electron chi connectivity index (χ1n) is 5.33. The number of benzene rings is 1. The first-order valence-corrected chi connectivity index (χ1v) is 6.82. The fourth-order valence-electron chi connectivity index (χ4n) is 2.05. The first kappa shape index (κ1) is 11.5. The number of fused-ring (bicyclic) bond motifs is 1. The Bertz CT molecular complexity index is 550. The second-order valence-electron chi connectivity index (χ2n) is 3.89. The summed E-state index contributed by atoms with van der Waals surface area (Å²) in [5.41, 5.74) is 2.52. The molecule has 4 nitrogen and oxygen atoms in total. The predicted molar refractivity (Wildman–Crippen MR) is 72.5 cm³/mol. The largest absolute Gasteiger partial charge is 0.366 e. The SMILES string of the molecule is Clc1cc(Cl)c2nsnc2c1N1CCNCC1. The summed E-state index contributed by atoms with van der Waals surface area (Å²) in [6, 6.07) is 1.75. The summed E-state index contributed by atoms with van der Waals surface area (Å²) in [5.74, 6) is 0. The zero-order chi connectivity index (χ0) is 11.8. The Morgan fingerprint density at radius 1 is 1.12 bits per heavy atom. The van der Waals surface area contributed by atoms with Crippen LogP contribution in [0.25, 0.3) is 11.0 Å². The van der Waals surface area contributed by atoms with Gasteiger partial charge in [-0.3, -0.25) is 0 Å². The van der Waals surface area contributed by atoms with Crippen LogP contribution < -0.4 is 10.2 Å². The molecule has 1 fully saturated rings. The Labute approximate surface area is 113 Å². The second-order valence-corrected chi connectivity index (χ2v) is 5.23. The van der Waals surface area contributed by atoms with Gasteiger partial charge in [-0.05, 0) is 6.07 Å². The highest BCUT2D eigenvalue weighted by Gasteiger charge is 2.20. The van der Waals surface area contributed by atoms with Crippen LogP contribution in [0.4, 0.5) is 5.69 Å². The number of piperazine rings is 1. The van der Waals surface area contributed by atoms with Crippen LogP contribution in [0.1, 0.15) is 0 Å². The molecule has 0 atom stereocenters. The standard InChI is InChI=1S/C10H10Cl2N4S/c11-6-5-7(12)10(9-8(6)14-17-15-9)16-3-1-13-2-4-16/h5,13H,1-4H2. The molecule has 0 aliphatic carbocycles. The average molecular weight is 289 g/mol. The maximum atomic E-state index is 6.29. The predicted octanol–water partition coefficient (Wildman–Crippen LogP) is 2.41. The molecular formula is C10H10Cl2N4S. The van der Waals surface area contributed by atoms with Crippen molar-refractivity contribution in [2.75, 3.05) is 31.1 Å². The second kappa shape index (κ2) is 4.57. The Hall–Kier alpha value is -0.620. The number of nitrogens with zero attached hydrogens (tertiary/aromatic N) is 3. The summed E-state index contributed by atoms with van der Waals surface area (Å²) >= 11 is 13.6. The molecule has 0 spiro atoms. The summed E-state index contributed by atoms with van der Waals surface area (Å²) < 4.78 is 8.53. The van der Waals surface area contributed by atoms with E-state index in [0.29, 0.717) is 10.0 Å². The highest BCUT2D eigenvalue weighted by Crippen LogP contribution is 2.37. The molecule has 1 saturated heterocycles. The van der Waals surface area contributed by atoms with Crippen molar-refractivity contribution in [2.45, 2.75) is 0 Å². The third-order valence-electron chi connectivity index (χ3n) is 2.85. The Balaban J connectivity index is 2.16. The molecule has 1 aliphatic heterocycles. The molecule has 0 saturated carbocycles. The zero-order valence-corrected chi connectivity index (χ0v) is 11.2. The molecule has 3 rings (SSSR count). The number of rotatable bonds is 1. The average Bonchev–Trinajstić information content (AvgIpc) is 2.79. The quantitative estimate of drug-likeness (QED) is 0.875. The molecule has 1 aromatic carbocycles. The van der Waals surface area contributed by atoms with Gasteiger partial charge in [-0.1, -0.05) is 23.2 Å². The van der Waals surface area contributed by atoms with Crippen molar-refractivity contribution in [1.29, 1.82) is 0 Å². The van der Waals surface area contributed by atoms with Crippen molar-refractivity contribution < 1.29 is 0 Å².